The highest BCUT2D eigenvalue weighted by atomic mass is 16.5. The molecule has 0 atom stereocenters. The third kappa shape index (κ3) is 6.45. The van der Waals surface area contributed by atoms with Gasteiger partial charge in [-0.3, -0.25) is 4.79 Å². The molecule has 0 spiro atoms. The maximum absolute atomic E-state index is 12.5. The molecular weight excluding hydrogens is 448 g/mol. The number of ether oxygens (including phenoxy) is 3. The van der Waals surface area contributed by atoms with Crippen molar-refractivity contribution in [1.82, 2.24) is 4.90 Å². The molecule has 8 nitrogen and oxygen atoms in total. The highest BCUT2D eigenvalue weighted by Crippen LogP contribution is 2.22. The van der Waals surface area contributed by atoms with Crippen molar-refractivity contribution in [3.8, 4) is 17.2 Å². The lowest BCUT2D eigenvalue weighted by molar-refractivity contribution is -0.131. The second-order valence-electron chi connectivity index (χ2n) is 8.21. The van der Waals surface area contributed by atoms with Crippen LogP contribution in [0.5, 0.6) is 17.2 Å². The molecule has 0 radical (unpaired) electrons. The van der Waals surface area contributed by atoms with Crippen LogP contribution < -0.4 is 19.1 Å². The SMILES string of the molecule is CC(=O)Oc1ccc(C(=O)Oc2ccc(C(=O)Oc3ccc(N4CCN(C)CC4)cc3)cc2)cc1. The van der Waals surface area contributed by atoms with Gasteiger partial charge >= 0.3 is 17.9 Å². The second-order valence-corrected chi connectivity index (χ2v) is 8.21. The molecule has 1 aliphatic heterocycles. The van der Waals surface area contributed by atoms with Crippen molar-refractivity contribution in [2.24, 2.45) is 0 Å². The largest absolute Gasteiger partial charge is 0.427 e. The quantitative estimate of drug-likeness (QED) is 0.394. The van der Waals surface area contributed by atoms with Crippen molar-refractivity contribution in [2.75, 3.05) is 38.1 Å². The van der Waals surface area contributed by atoms with Gasteiger partial charge in [0.15, 0.2) is 0 Å². The molecule has 1 heterocycles. The minimum atomic E-state index is -0.574. The van der Waals surface area contributed by atoms with Crippen LogP contribution in [0.4, 0.5) is 5.69 Å². The molecule has 3 aromatic rings. The fourth-order valence-corrected chi connectivity index (χ4v) is 3.61. The number of benzene rings is 3. The maximum atomic E-state index is 12.5. The summed E-state index contributed by atoms with van der Waals surface area (Å²) in [7, 11) is 2.11. The minimum absolute atomic E-state index is 0.284. The van der Waals surface area contributed by atoms with Crippen LogP contribution in [0, 0.1) is 0 Å². The number of hydrogen-bond acceptors (Lipinski definition) is 8. The summed E-state index contributed by atoms with van der Waals surface area (Å²) in [5, 5.41) is 0. The lowest BCUT2D eigenvalue weighted by atomic mass is 10.2. The molecule has 4 rings (SSSR count). The molecule has 1 aliphatic rings. The van der Waals surface area contributed by atoms with E-state index in [9.17, 15) is 14.4 Å². The van der Waals surface area contributed by atoms with E-state index in [2.05, 4.69) is 16.8 Å². The Morgan fingerprint density at radius 2 is 1.00 bits per heavy atom. The third-order valence-corrected chi connectivity index (χ3v) is 5.57. The second kappa shape index (κ2) is 10.8. The first kappa shape index (κ1) is 24.0. The summed E-state index contributed by atoms with van der Waals surface area (Å²) in [6.45, 7) is 5.26. The summed E-state index contributed by atoms with van der Waals surface area (Å²) in [5.74, 6) is -0.438. The first-order valence-electron chi connectivity index (χ1n) is 11.2. The molecule has 1 saturated heterocycles. The van der Waals surface area contributed by atoms with Crippen LogP contribution in [0.15, 0.2) is 72.8 Å². The molecule has 0 saturated carbocycles. The van der Waals surface area contributed by atoms with E-state index in [1.807, 2.05) is 12.1 Å². The van der Waals surface area contributed by atoms with E-state index in [0.29, 0.717) is 22.6 Å². The van der Waals surface area contributed by atoms with E-state index < -0.39 is 17.9 Å². The van der Waals surface area contributed by atoms with Gasteiger partial charge < -0.3 is 24.0 Å². The van der Waals surface area contributed by atoms with Crippen LogP contribution in [0.1, 0.15) is 27.6 Å². The Balaban J connectivity index is 1.31. The van der Waals surface area contributed by atoms with Crippen LogP contribution in [-0.4, -0.2) is 56.0 Å². The lowest BCUT2D eigenvalue weighted by Crippen LogP contribution is -2.44. The summed E-state index contributed by atoms with van der Waals surface area (Å²) >= 11 is 0. The zero-order valence-corrected chi connectivity index (χ0v) is 19.6. The van der Waals surface area contributed by atoms with Gasteiger partial charge in [-0.1, -0.05) is 0 Å². The van der Waals surface area contributed by atoms with Gasteiger partial charge in [0.25, 0.3) is 0 Å². The number of carbonyl (C=O) groups is 3. The lowest BCUT2D eigenvalue weighted by Gasteiger charge is -2.34. The highest BCUT2D eigenvalue weighted by molar-refractivity contribution is 5.92. The molecule has 1 fully saturated rings. The van der Waals surface area contributed by atoms with Crippen molar-refractivity contribution < 1.29 is 28.6 Å². The number of rotatable bonds is 6. The van der Waals surface area contributed by atoms with Gasteiger partial charge in [0.1, 0.15) is 17.2 Å². The Kier molecular flexibility index (Phi) is 7.42. The summed E-state index contributed by atoms with van der Waals surface area (Å²) in [6, 6.07) is 19.6. The first-order chi connectivity index (χ1) is 16.9. The fraction of sp³-hybridized carbons (Fsp3) is 0.222. The van der Waals surface area contributed by atoms with Gasteiger partial charge in [-0.15, -0.1) is 0 Å². The van der Waals surface area contributed by atoms with E-state index in [1.165, 1.54) is 55.5 Å². The van der Waals surface area contributed by atoms with Gasteiger partial charge in [-0.2, -0.15) is 0 Å². The number of nitrogens with zero attached hydrogens (tertiary/aromatic N) is 2. The average Bonchev–Trinajstić information content (AvgIpc) is 2.85. The Morgan fingerprint density at radius 3 is 1.43 bits per heavy atom. The summed E-state index contributed by atoms with van der Waals surface area (Å²) in [5.41, 5.74) is 1.73. The normalized spacial score (nSPS) is 13.7. The highest BCUT2D eigenvalue weighted by Gasteiger charge is 2.15. The van der Waals surface area contributed by atoms with Crippen LogP contribution in [0.3, 0.4) is 0 Å². The van der Waals surface area contributed by atoms with Crippen molar-refractivity contribution in [3.63, 3.8) is 0 Å². The Bertz CT molecular complexity index is 1180. The number of hydrogen-bond donors (Lipinski definition) is 0. The molecule has 0 bridgehead atoms. The number of piperazine rings is 1. The van der Waals surface area contributed by atoms with Gasteiger partial charge in [0, 0.05) is 38.8 Å². The van der Waals surface area contributed by atoms with Crippen LogP contribution >= 0.6 is 0 Å². The van der Waals surface area contributed by atoms with Crippen molar-refractivity contribution in [3.05, 3.63) is 83.9 Å². The van der Waals surface area contributed by atoms with E-state index in [4.69, 9.17) is 14.2 Å². The monoisotopic (exact) mass is 474 g/mol. The maximum Gasteiger partial charge on any atom is 0.343 e. The summed E-state index contributed by atoms with van der Waals surface area (Å²) < 4.78 is 15.8. The molecular formula is C27H26N2O6. The zero-order chi connectivity index (χ0) is 24.8. The Labute approximate surface area is 203 Å². The number of anilines is 1. The number of carbonyl (C=O) groups excluding carboxylic acids is 3. The predicted molar refractivity (Wildman–Crippen MR) is 130 cm³/mol. The molecule has 0 amide bonds. The third-order valence-electron chi connectivity index (χ3n) is 5.57. The van der Waals surface area contributed by atoms with Gasteiger partial charge in [0.05, 0.1) is 11.1 Å². The van der Waals surface area contributed by atoms with Crippen LogP contribution in [-0.2, 0) is 4.79 Å². The predicted octanol–water partition coefficient (Wildman–Crippen LogP) is 3.80. The zero-order valence-electron chi connectivity index (χ0n) is 19.6. The smallest absolute Gasteiger partial charge is 0.343 e. The molecule has 180 valence electrons. The van der Waals surface area contributed by atoms with Crippen LogP contribution in [0.25, 0.3) is 0 Å². The van der Waals surface area contributed by atoms with E-state index in [-0.39, 0.29) is 5.75 Å². The van der Waals surface area contributed by atoms with Crippen LogP contribution in [0.2, 0.25) is 0 Å². The fourth-order valence-electron chi connectivity index (χ4n) is 3.61. The molecule has 35 heavy (non-hydrogen) atoms. The van der Waals surface area contributed by atoms with E-state index in [1.54, 1.807) is 12.1 Å². The standard InChI is InChI=1S/C27H26N2O6/c1-19(30)33-23-9-3-20(4-10-23)26(31)34-24-11-5-21(6-12-24)27(32)35-25-13-7-22(8-14-25)29-17-15-28(2)16-18-29/h3-14H,15-18H2,1-2H3. The van der Waals surface area contributed by atoms with Gasteiger partial charge in [-0.05, 0) is 79.8 Å². The van der Waals surface area contributed by atoms with Gasteiger partial charge in [-0.25, -0.2) is 9.59 Å². The summed E-state index contributed by atoms with van der Waals surface area (Å²) in [4.78, 5) is 40.4. The molecule has 0 N–H and O–H groups in total. The Hall–Kier alpha value is -4.17. The molecule has 8 heteroatoms. The summed E-state index contributed by atoms with van der Waals surface area (Å²) in [6.07, 6.45) is 0. The average molecular weight is 475 g/mol. The Morgan fingerprint density at radius 1 is 0.600 bits per heavy atom. The molecule has 0 aliphatic carbocycles. The number of likely N-dealkylation sites (N-methyl/N-ethyl adjacent to an activating group) is 1. The first-order valence-corrected chi connectivity index (χ1v) is 11.2. The molecule has 0 aromatic heterocycles. The van der Waals surface area contributed by atoms with Crippen molar-refractivity contribution in [2.45, 2.75) is 6.92 Å². The topological polar surface area (TPSA) is 85.4 Å². The van der Waals surface area contributed by atoms with E-state index in [0.717, 1.165) is 31.9 Å². The van der Waals surface area contributed by atoms with Crippen molar-refractivity contribution in [1.29, 1.82) is 0 Å². The minimum Gasteiger partial charge on any atom is -0.427 e. The number of esters is 3. The van der Waals surface area contributed by atoms with Gasteiger partial charge in [0.2, 0.25) is 0 Å². The molecule has 0 unspecified atom stereocenters. The van der Waals surface area contributed by atoms with Crippen molar-refractivity contribution >= 4 is 23.6 Å². The van der Waals surface area contributed by atoms with E-state index >= 15 is 0 Å². The molecule has 3 aromatic carbocycles.